The first kappa shape index (κ1) is 11.7. The van der Waals surface area contributed by atoms with Crippen molar-refractivity contribution in [2.75, 3.05) is 13.2 Å². The van der Waals surface area contributed by atoms with Crippen LogP contribution >= 0.6 is 0 Å². The minimum absolute atomic E-state index is 0.0377. The molecule has 0 saturated carbocycles. The molecule has 1 aromatic carbocycles. The van der Waals surface area contributed by atoms with E-state index in [1.807, 2.05) is 18.2 Å². The Balaban J connectivity index is 2.16. The van der Waals surface area contributed by atoms with Crippen molar-refractivity contribution in [2.24, 2.45) is 0 Å². The lowest BCUT2D eigenvalue weighted by atomic mass is 10.1. The number of unbranched alkanes of at least 4 members (excludes halogenated alkanes) is 1. The van der Waals surface area contributed by atoms with Crippen LogP contribution in [0.25, 0.3) is 6.08 Å². The number of carbonyl (C=O) groups excluding carboxylic acids is 1. The SMILES string of the molecule is CCC/C=C/c1ccc2c(c1)OCC(=O)CO2. The molecule has 0 unspecified atom stereocenters. The van der Waals surface area contributed by atoms with Crippen molar-refractivity contribution in [3.8, 4) is 11.5 Å². The van der Waals surface area contributed by atoms with Crippen LogP contribution < -0.4 is 9.47 Å². The van der Waals surface area contributed by atoms with Crippen LogP contribution in [-0.2, 0) is 4.79 Å². The molecule has 0 saturated heterocycles. The fourth-order valence-corrected chi connectivity index (χ4v) is 1.60. The molecule has 3 heteroatoms. The summed E-state index contributed by atoms with van der Waals surface area (Å²) in [5.41, 5.74) is 1.06. The number of hydrogen-bond donors (Lipinski definition) is 0. The first-order valence-corrected chi connectivity index (χ1v) is 5.87. The second kappa shape index (κ2) is 5.53. The van der Waals surface area contributed by atoms with Crippen LogP contribution in [0.2, 0.25) is 0 Å². The Labute approximate surface area is 101 Å². The molecule has 0 amide bonds. The van der Waals surface area contributed by atoms with Crippen LogP contribution in [0, 0.1) is 0 Å². The summed E-state index contributed by atoms with van der Waals surface area (Å²) in [5, 5.41) is 0. The van der Waals surface area contributed by atoms with Gasteiger partial charge in [-0.2, -0.15) is 0 Å². The van der Waals surface area contributed by atoms with E-state index in [9.17, 15) is 4.79 Å². The van der Waals surface area contributed by atoms with Gasteiger partial charge in [-0.3, -0.25) is 4.79 Å². The molecule has 0 spiro atoms. The Hall–Kier alpha value is -1.77. The zero-order valence-corrected chi connectivity index (χ0v) is 9.94. The first-order chi connectivity index (χ1) is 8.29. The largest absolute Gasteiger partial charge is 0.482 e. The molecule has 17 heavy (non-hydrogen) atoms. The van der Waals surface area contributed by atoms with Crippen LogP contribution in [0.3, 0.4) is 0 Å². The highest BCUT2D eigenvalue weighted by atomic mass is 16.5. The summed E-state index contributed by atoms with van der Waals surface area (Å²) < 4.78 is 10.7. The molecule has 0 bridgehead atoms. The molecule has 1 aliphatic rings. The van der Waals surface area contributed by atoms with Crippen molar-refractivity contribution in [1.29, 1.82) is 0 Å². The number of hydrogen-bond acceptors (Lipinski definition) is 3. The third kappa shape index (κ3) is 3.09. The number of allylic oxidation sites excluding steroid dienone is 1. The van der Waals surface area contributed by atoms with E-state index >= 15 is 0 Å². The van der Waals surface area contributed by atoms with E-state index in [1.54, 1.807) is 0 Å². The molecule has 1 aromatic rings. The zero-order valence-electron chi connectivity index (χ0n) is 9.94. The van der Waals surface area contributed by atoms with Gasteiger partial charge in [-0.15, -0.1) is 0 Å². The minimum Gasteiger partial charge on any atom is -0.482 e. The van der Waals surface area contributed by atoms with Crippen LogP contribution in [0.15, 0.2) is 24.3 Å². The van der Waals surface area contributed by atoms with Gasteiger partial charge < -0.3 is 9.47 Å². The predicted molar refractivity (Wildman–Crippen MR) is 66.4 cm³/mol. The summed E-state index contributed by atoms with van der Waals surface area (Å²) in [4.78, 5) is 11.2. The van der Waals surface area contributed by atoms with E-state index in [-0.39, 0.29) is 19.0 Å². The lowest BCUT2D eigenvalue weighted by Gasteiger charge is -2.06. The van der Waals surface area contributed by atoms with Gasteiger partial charge in [0.05, 0.1) is 0 Å². The maximum absolute atomic E-state index is 11.2. The van der Waals surface area contributed by atoms with Crippen molar-refractivity contribution in [3.05, 3.63) is 29.8 Å². The van der Waals surface area contributed by atoms with E-state index in [0.29, 0.717) is 11.5 Å². The first-order valence-electron chi connectivity index (χ1n) is 5.87. The highest BCUT2D eigenvalue weighted by Gasteiger charge is 2.14. The summed E-state index contributed by atoms with van der Waals surface area (Å²) >= 11 is 0. The smallest absolute Gasteiger partial charge is 0.207 e. The monoisotopic (exact) mass is 232 g/mol. The Bertz CT molecular complexity index is 435. The van der Waals surface area contributed by atoms with E-state index in [4.69, 9.17) is 9.47 Å². The summed E-state index contributed by atoms with van der Waals surface area (Å²) in [6.45, 7) is 2.33. The van der Waals surface area contributed by atoms with Gasteiger partial charge in [-0.25, -0.2) is 0 Å². The molecule has 0 fully saturated rings. The zero-order chi connectivity index (χ0) is 12.1. The molecule has 3 nitrogen and oxygen atoms in total. The normalized spacial score (nSPS) is 15.0. The van der Waals surface area contributed by atoms with E-state index < -0.39 is 0 Å². The third-order valence-electron chi connectivity index (χ3n) is 2.51. The standard InChI is InChI=1S/C14H16O3/c1-2-3-4-5-11-6-7-13-14(8-11)17-10-12(15)9-16-13/h4-8H,2-3,9-10H2,1H3/b5-4+. The van der Waals surface area contributed by atoms with Gasteiger partial charge in [-0.05, 0) is 24.1 Å². The summed E-state index contributed by atoms with van der Waals surface area (Å²) in [7, 11) is 0. The molecule has 1 heterocycles. The topological polar surface area (TPSA) is 35.5 Å². The molecule has 0 radical (unpaired) electrons. The highest BCUT2D eigenvalue weighted by molar-refractivity contribution is 5.82. The third-order valence-corrected chi connectivity index (χ3v) is 2.51. The minimum atomic E-state index is -0.0377. The number of Topliss-reactive ketones (excluding diaryl/α,β-unsaturated/α-hetero) is 1. The maximum Gasteiger partial charge on any atom is 0.207 e. The molecule has 0 aromatic heterocycles. The van der Waals surface area contributed by atoms with Crippen LogP contribution in [0.4, 0.5) is 0 Å². The van der Waals surface area contributed by atoms with Gasteiger partial charge >= 0.3 is 0 Å². The summed E-state index contributed by atoms with van der Waals surface area (Å²) in [6, 6.07) is 5.71. The lowest BCUT2D eigenvalue weighted by molar-refractivity contribution is -0.122. The second-order valence-corrected chi connectivity index (χ2v) is 4.01. The van der Waals surface area contributed by atoms with E-state index in [1.165, 1.54) is 0 Å². The van der Waals surface area contributed by atoms with E-state index in [2.05, 4.69) is 19.1 Å². The maximum atomic E-state index is 11.2. The average Bonchev–Trinajstić information content (AvgIpc) is 2.52. The number of ether oxygens (including phenoxy) is 2. The molecule has 0 N–H and O–H groups in total. The highest BCUT2D eigenvalue weighted by Crippen LogP contribution is 2.30. The van der Waals surface area contributed by atoms with Crippen molar-refractivity contribution in [3.63, 3.8) is 0 Å². The fraction of sp³-hybridized carbons (Fsp3) is 0.357. The molecule has 0 atom stereocenters. The van der Waals surface area contributed by atoms with Crippen molar-refractivity contribution in [1.82, 2.24) is 0 Å². The predicted octanol–water partition coefficient (Wildman–Crippen LogP) is 2.84. The lowest BCUT2D eigenvalue weighted by Crippen LogP contribution is -2.15. The van der Waals surface area contributed by atoms with Crippen molar-refractivity contribution in [2.45, 2.75) is 19.8 Å². The molecular formula is C14H16O3. The van der Waals surface area contributed by atoms with Gasteiger partial charge in [0.15, 0.2) is 24.7 Å². The molecule has 90 valence electrons. The Morgan fingerprint density at radius 2 is 2.00 bits per heavy atom. The van der Waals surface area contributed by atoms with E-state index in [0.717, 1.165) is 18.4 Å². The molecule has 1 aliphatic heterocycles. The van der Waals surface area contributed by atoms with Crippen molar-refractivity contribution < 1.29 is 14.3 Å². The Kier molecular flexibility index (Phi) is 3.81. The van der Waals surface area contributed by atoms with Gasteiger partial charge in [-0.1, -0.05) is 31.6 Å². The number of fused-ring (bicyclic) bond motifs is 1. The summed E-state index contributed by atoms with van der Waals surface area (Å²) in [6.07, 6.45) is 6.38. The second-order valence-electron chi connectivity index (χ2n) is 4.01. The average molecular weight is 232 g/mol. The Morgan fingerprint density at radius 3 is 2.76 bits per heavy atom. The van der Waals surface area contributed by atoms with Gasteiger partial charge in [0.2, 0.25) is 5.78 Å². The van der Waals surface area contributed by atoms with Gasteiger partial charge in [0.25, 0.3) is 0 Å². The summed E-state index contributed by atoms with van der Waals surface area (Å²) in [5.74, 6) is 1.25. The van der Waals surface area contributed by atoms with Crippen molar-refractivity contribution >= 4 is 11.9 Å². The number of rotatable bonds is 3. The molecule has 2 rings (SSSR count). The van der Waals surface area contributed by atoms with Crippen LogP contribution in [-0.4, -0.2) is 19.0 Å². The van der Waals surface area contributed by atoms with Gasteiger partial charge in [0, 0.05) is 0 Å². The van der Waals surface area contributed by atoms with Crippen LogP contribution in [0.5, 0.6) is 11.5 Å². The number of ketones is 1. The number of carbonyl (C=O) groups is 1. The molecule has 0 aliphatic carbocycles. The quantitative estimate of drug-likeness (QED) is 0.803. The number of benzene rings is 1. The van der Waals surface area contributed by atoms with Gasteiger partial charge in [0.1, 0.15) is 0 Å². The Morgan fingerprint density at radius 1 is 1.24 bits per heavy atom. The van der Waals surface area contributed by atoms with Crippen LogP contribution in [0.1, 0.15) is 25.3 Å². The molecular weight excluding hydrogens is 216 g/mol. The fourth-order valence-electron chi connectivity index (χ4n) is 1.60.